The van der Waals surface area contributed by atoms with Crippen LogP contribution in [-0.2, 0) is 0 Å². The van der Waals surface area contributed by atoms with Gasteiger partial charge in [0.05, 0.1) is 12.0 Å². The van der Waals surface area contributed by atoms with E-state index in [1.54, 1.807) is 19.2 Å². The molecule has 148 valence electrons. The molecule has 0 aromatic heterocycles. The van der Waals surface area contributed by atoms with E-state index >= 15 is 0 Å². The van der Waals surface area contributed by atoms with Crippen LogP contribution in [0.1, 0.15) is 0 Å². The van der Waals surface area contributed by atoms with Crippen LogP contribution >= 0.6 is 11.6 Å². The van der Waals surface area contributed by atoms with Gasteiger partial charge in [0.2, 0.25) is 0 Å². The summed E-state index contributed by atoms with van der Waals surface area (Å²) < 4.78 is 5.31. The minimum atomic E-state index is -0.391. The molecule has 4 aromatic rings. The Morgan fingerprint density at radius 3 is 1.73 bits per heavy atom. The molecule has 0 spiro atoms. The van der Waals surface area contributed by atoms with Crippen molar-refractivity contribution in [3.63, 3.8) is 0 Å². The molecular weight excluding hydrogens is 398 g/mol. The molecule has 4 rings (SSSR count). The Balaban J connectivity index is 1.94. The number of nitro benzene ring substituents is 1. The second-order valence-electron chi connectivity index (χ2n) is 6.77. The van der Waals surface area contributed by atoms with Crippen molar-refractivity contribution in [2.24, 2.45) is 0 Å². The molecular formula is C25H18ClNO3. The molecule has 0 bridgehead atoms. The van der Waals surface area contributed by atoms with Gasteiger partial charge in [-0.2, -0.15) is 0 Å². The Bertz CT molecular complexity index is 1180. The molecule has 5 heteroatoms. The average molecular weight is 416 g/mol. The first kappa shape index (κ1) is 19.7. The summed E-state index contributed by atoms with van der Waals surface area (Å²) in [4.78, 5) is 10.7. The van der Waals surface area contributed by atoms with E-state index in [1.165, 1.54) is 12.1 Å². The zero-order valence-corrected chi connectivity index (χ0v) is 17.0. The van der Waals surface area contributed by atoms with Crippen molar-refractivity contribution in [1.29, 1.82) is 0 Å². The van der Waals surface area contributed by atoms with Gasteiger partial charge in [-0.15, -0.1) is 0 Å². The maximum Gasteiger partial charge on any atom is 0.269 e. The number of hydrogen-bond donors (Lipinski definition) is 0. The third kappa shape index (κ3) is 3.91. The lowest BCUT2D eigenvalue weighted by molar-refractivity contribution is -0.384. The standard InChI is InChI=1S/C25H18ClNO3/c1-30-22-15-9-19(10-16-22)25-23(17-5-11-20(26)12-6-17)3-2-4-24(25)18-7-13-21(14-8-18)27(28)29/h2-16H,1H3. The highest BCUT2D eigenvalue weighted by atomic mass is 35.5. The second kappa shape index (κ2) is 8.39. The van der Waals surface area contributed by atoms with Gasteiger partial charge in [0.15, 0.2) is 0 Å². The highest BCUT2D eigenvalue weighted by Gasteiger charge is 2.15. The predicted molar refractivity (Wildman–Crippen MR) is 121 cm³/mol. The van der Waals surface area contributed by atoms with Crippen LogP contribution in [0.3, 0.4) is 0 Å². The van der Waals surface area contributed by atoms with Gasteiger partial charge in [0, 0.05) is 17.2 Å². The number of rotatable bonds is 5. The summed E-state index contributed by atoms with van der Waals surface area (Å²) in [6.45, 7) is 0. The minimum absolute atomic E-state index is 0.0682. The SMILES string of the molecule is COc1ccc(-c2c(-c3ccc(Cl)cc3)cccc2-c2ccc([N+](=O)[O-])cc2)cc1. The number of non-ortho nitro benzene ring substituents is 1. The molecule has 0 aliphatic heterocycles. The van der Waals surface area contributed by atoms with E-state index in [0.717, 1.165) is 39.1 Å². The normalized spacial score (nSPS) is 10.6. The number of ether oxygens (including phenoxy) is 1. The largest absolute Gasteiger partial charge is 0.497 e. The van der Waals surface area contributed by atoms with E-state index < -0.39 is 4.92 Å². The van der Waals surface area contributed by atoms with Crippen molar-refractivity contribution < 1.29 is 9.66 Å². The van der Waals surface area contributed by atoms with Crippen LogP contribution in [0.2, 0.25) is 5.02 Å². The van der Waals surface area contributed by atoms with Crippen molar-refractivity contribution in [3.05, 3.63) is 106 Å². The first-order chi connectivity index (χ1) is 14.6. The van der Waals surface area contributed by atoms with Crippen molar-refractivity contribution in [2.75, 3.05) is 7.11 Å². The van der Waals surface area contributed by atoms with Crippen LogP contribution in [0.15, 0.2) is 91.0 Å². The maximum absolute atomic E-state index is 11.0. The second-order valence-corrected chi connectivity index (χ2v) is 7.20. The molecule has 30 heavy (non-hydrogen) atoms. The number of halogens is 1. The Kier molecular flexibility index (Phi) is 5.50. The van der Waals surface area contributed by atoms with Gasteiger partial charge in [0.25, 0.3) is 5.69 Å². The number of benzene rings is 4. The molecule has 0 amide bonds. The lowest BCUT2D eigenvalue weighted by Gasteiger charge is -2.16. The summed E-state index contributed by atoms with van der Waals surface area (Å²) >= 11 is 6.09. The van der Waals surface area contributed by atoms with Crippen LogP contribution in [0.25, 0.3) is 33.4 Å². The minimum Gasteiger partial charge on any atom is -0.497 e. The zero-order chi connectivity index (χ0) is 21.1. The highest BCUT2D eigenvalue weighted by Crippen LogP contribution is 2.41. The summed E-state index contributed by atoms with van der Waals surface area (Å²) in [5.74, 6) is 0.777. The lowest BCUT2D eigenvalue weighted by Crippen LogP contribution is -1.92. The molecule has 0 saturated carbocycles. The summed E-state index contributed by atoms with van der Waals surface area (Å²) in [6.07, 6.45) is 0. The van der Waals surface area contributed by atoms with Gasteiger partial charge in [-0.1, -0.05) is 54.1 Å². The van der Waals surface area contributed by atoms with Gasteiger partial charge in [-0.05, 0) is 69.8 Å². The fourth-order valence-electron chi connectivity index (χ4n) is 3.49. The third-order valence-electron chi connectivity index (χ3n) is 4.99. The summed E-state index contributed by atoms with van der Waals surface area (Å²) in [5.41, 5.74) is 6.11. The molecule has 0 fully saturated rings. The van der Waals surface area contributed by atoms with E-state index in [9.17, 15) is 10.1 Å². The molecule has 0 aliphatic carbocycles. The topological polar surface area (TPSA) is 52.4 Å². The predicted octanol–water partition coefficient (Wildman–Crippen LogP) is 7.26. The molecule has 4 nitrogen and oxygen atoms in total. The fourth-order valence-corrected chi connectivity index (χ4v) is 3.62. The maximum atomic E-state index is 11.0. The fraction of sp³-hybridized carbons (Fsp3) is 0.0400. The molecule has 0 heterocycles. The monoisotopic (exact) mass is 415 g/mol. The van der Waals surface area contributed by atoms with Crippen LogP contribution in [0.4, 0.5) is 5.69 Å². The van der Waals surface area contributed by atoms with Gasteiger partial charge >= 0.3 is 0 Å². The van der Waals surface area contributed by atoms with E-state index in [2.05, 4.69) is 6.07 Å². The summed E-state index contributed by atoms with van der Waals surface area (Å²) in [5, 5.41) is 11.7. The summed E-state index contributed by atoms with van der Waals surface area (Å²) in [6, 6.07) is 28.3. The average Bonchev–Trinajstić information content (AvgIpc) is 2.79. The molecule has 0 radical (unpaired) electrons. The first-order valence-electron chi connectivity index (χ1n) is 9.35. The van der Waals surface area contributed by atoms with Crippen LogP contribution in [0.5, 0.6) is 5.75 Å². The Morgan fingerprint density at radius 1 is 0.733 bits per heavy atom. The smallest absolute Gasteiger partial charge is 0.269 e. The van der Waals surface area contributed by atoms with Gasteiger partial charge in [-0.3, -0.25) is 10.1 Å². The van der Waals surface area contributed by atoms with E-state index in [-0.39, 0.29) is 5.69 Å². The first-order valence-corrected chi connectivity index (χ1v) is 9.73. The Morgan fingerprint density at radius 2 is 1.23 bits per heavy atom. The molecule has 0 atom stereocenters. The van der Waals surface area contributed by atoms with Gasteiger partial charge < -0.3 is 4.74 Å². The van der Waals surface area contributed by atoms with Crippen molar-refractivity contribution in [1.82, 2.24) is 0 Å². The molecule has 4 aromatic carbocycles. The Hall–Kier alpha value is -3.63. The molecule has 0 unspecified atom stereocenters. The van der Waals surface area contributed by atoms with Crippen molar-refractivity contribution in [3.8, 4) is 39.1 Å². The van der Waals surface area contributed by atoms with Crippen LogP contribution in [-0.4, -0.2) is 12.0 Å². The van der Waals surface area contributed by atoms with E-state index in [0.29, 0.717) is 5.02 Å². The van der Waals surface area contributed by atoms with Crippen molar-refractivity contribution in [2.45, 2.75) is 0 Å². The highest BCUT2D eigenvalue weighted by molar-refractivity contribution is 6.30. The van der Waals surface area contributed by atoms with Crippen LogP contribution in [0, 0.1) is 10.1 Å². The quantitative estimate of drug-likeness (QED) is 0.254. The summed E-state index contributed by atoms with van der Waals surface area (Å²) in [7, 11) is 1.64. The number of methoxy groups -OCH3 is 1. The molecule has 0 N–H and O–H groups in total. The van der Waals surface area contributed by atoms with Gasteiger partial charge in [0.1, 0.15) is 5.75 Å². The third-order valence-corrected chi connectivity index (χ3v) is 5.24. The Labute approximate surface area is 179 Å². The van der Waals surface area contributed by atoms with Crippen LogP contribution < -0.4 is 4.74 Å². The van der Waals surface area contributed by atoms with Gasteiger partial charge in [-0.25, -0.2) is 0 Å². The number of nitro groups is 1. The van der Waals surface area contributed by atoms with E-state index in [4.69, 9.17) is 16.3 Å². The van der Waals surface area contributed by atoms with E-state index in [1.807, 2.05) is 60.7 Å². The number of nitrogens with zero attached hydrogens (tertiary/aromatic N) is 1. The lowest BCUT2D eigenvalue weighted by atomic mass is 9.87. The van der Waals surface area contributed by atoms with Crippen molar-refractivity contribution >= 4 is 17.3 Å². The molecule has 0 aliphatic rings. The zero-order valence-electron chi connectivity index (χ0n) is 16.2. The number of hydrogen-bond acceptors (Lipinski definition) is 3. The molecule has 0 saturated heterocycles.